The zero-order chi connectivity index (χ0) is 33.8. The van der Waals surface area contributed by atoms with E-state index in [0.29, 0.717) is 5.69 Å². The number of nitrogens with one attached hydrogen (secondary N) is 2. The molecule has 5 rings (SSSR count). The largest absolute Gasteiger partial charge is 0.507 e. The number of rotatable bonds is 5. The molecule has 12 nitrogen and oxygen atoms in total. The summed E-state index contributed by atoms with van der Waals surface area (Å²) in [5.74, 6) is -2.14. The molecular formula is C32H32ClFN8O4. The van der Waals surface area contributed by atoms with Crippen molar-refractivity contribution in [3.63, 3.8) is 0 Å². The van der Waals surface area contributed by atoms with Crippen molar-refractivity contribution in [2.45, 2.75) is 45.3 Å². The Labute approximate surface area is 269 Å². The first-order valence-electron chi connectivity index (χ1n) is 14.3. The molecule has 46 heavy (non-hydrogen) atoms. The molecule has 1 fully saturated rings. The predicted octanol–water partition coefficient (Wildman–Crippen LogP) is 3.86. The van der Waals surface area contributed by atoms with Crippen molar-refractivity contribution in [2.24, 2.45) is 0 Å². The van der Waals surface area contributed by atoms with E-state index in [2.05, 4.69) is 16.9 Å². The topological polar surface area (TPSA) is 159 Å². The first-order valence-corrected chi connectivity index (χ1v) is 14.7. The van der Waals surface area contributed by atoms with Crippen molar-refractivity contribution in [1.82, 2.24) is 19.8 Å². The number of phenolic OH excluding ortho intramolecular Hbond substituents is 1. The maximum atomic E-state index is 15.2. The number of aromatic nitrogens is 2. The summed E-state index contributed by atoms with van der Waals surface area (Å²) in [5, 5.41) is 32.0. The van der Waals surface area contributed by atoms with Gasteiger partial charge in [0, 0.05) is 36.8 Å². The third-order valence-corrected chi connectivity index (χ3v) is 8.24. The Kier molecular flexibility index (Phi) is 8.12. The summed E-state index contributed by atoms with van der Waals surface area (Å²) in [7, 11) is 1.44. The van der Waals surface area contributed by atoms with Crippen LogP contribution in [0.1, 0.15) is 27.7 Å². The molecule has 0 bridgehead atoms. The number of benzene rings is 1. The fraction of sp³-hybridized carbons (Fsp3) is 0.312. The number of piperazine rings is 1. The van der Waals surface area contributed by atoms with Crippen molar-refractivity contribution in [2.75, 3.05) is 29.9 Å². The van der Waals surface area contributed by atoms with Crippen molar-refractivity contribution in [3.8, 4) is 23.1 Å². The van der Waals surface area contributed by atoms with Crippen LogP contribution in [-0.2, 0) is 9.59 Å². The Hall–Kier alpha value is -5.22. The number of allylic oxidation sites excluding steroid dienone is 1. The standard InChI is InChI=1S/C32H32ClFN8O4/c1-7-23(44)40-15-21-30(45)39(6)27-26(41(21)14-16(40)2)18-11-19(33)25(24-20(34)9-8-10-22(24)43)37-29(18)42(31(27)46)28(17(12-35)13-36)38-32(3,4)5/h7-12,16,21,35,38,43H,1,14-15H2,2-6H3/b28-17-,35-12?/t16-,21-/m1/s1. The highest BCUT2D eigenvalue weighted by atomic mass is 35.5. The second-order valence-electron chi connectivity index (χ2n) is 12.2. The summed E-state index contributed by atoms with van der Waals surface area (Å²) in [5.41, 5.74) is -2.01. The number of carbonyl (C=O) groups is 2. The monoisotopic (exact) mass is 646 g/mol. The fourth-order valence-corrected chi connectivity index (χ4v) is 6.17. The maximum Gasteiger partial charge on any atom is 0.284 e. The van der Waals surface area contributed by atoms with Crippen LogP contribution in [-0.4, -0.2) is 75.3 Å². The molecule has 0 spiro atoms. The molecule has 2 aliphatic heterocycles. The Balaban J connectivity index is 1.96. The van der Waals surface area contributed by atoms with Gasteiger partial charge in [0.15, 0.2) is 5.65 Å². The van der Waals surface area contributed by atoms with Crippen LogP contribution >= 0.6 is 11.6 Å². The SMILES string of the molecule is C=CC(=O)N1C[C@@H]2C(=O)N(C)c3c(c4cc(Cl)c(-c5c(O)cccc5F)nc4n(/C(NC(C)(C)C)=C(\C#N)C=N)c3=O)N2C[C@H]1C. The quantitative estimate of drug-likeness (QED) is 0.214. The highest BCUT2D eigenvalue weighted by molar-refractivity contribution is 6.34. The number of pyridine rings is 2. The van der Waals surface area contributed by atoms with Gasteiger partial charge in [-0.25, -0.2) is 13.9 Å². The van der Waals surface area contributed by atoms with Crippen molar-refractivity contribution < 1.29 is 19.1 Å². The van der Waals surface area contributed by atoms with Gasteiger partial charge in [0.25, 0.3) is 11.5 Å². The molecule has 2 aromatic heterocycles. The number of aromatic hydroxyl groups is 1. The Morgan fingerprint density at radius 1 is 1.28 bits per heavy atom. The number of likely N-dealkylation sites (N-methyl/N-ethyl adjacent to an activating group) is 1. The van der Waals surface area contributed by atoms with Crippen LogP contribution < -0.4 is 20.7 Å². The van der Waals surface area contributed by atoms with E-state index < -0.39 is 34.6 Å². The van der Waals surface area contributed by atoms with E-state index in [0.717, 1.165) is 16.8 Å². The van der Waals surface area contributed by atoms with E-state index in [1.165, 1.54) is 41.1 Å². The normalized spacial score (nSPS) is 18.4. The van der Waals surface area contributed by atoms with Crippen LogP contribution in [0, 0.1) is 22.6 Å². The molecule has 0 unspecified atom stereocenters. The molecular weight excluding hydrogens is 615 g/mol. The molecule has 3 aromatic rings. The van der Waals surface area contributed by atoms with Gasteiger partial charge in [-0.3, -0.25) is 14.4 Å². The second kappa shape index (κ2) is 11.6. The smallest absolute Gasteiger partial charge is 0.284 e. The number of nitrogens with zero attached hydrogens (tertiary/aromatic N) is 6. The number of anilines is 2. The molecule has 2 aliphatic rings. The lowest BCUT2D eigenvalue weighted by molar-refractivity contribution is -0.130. The Morgan fingerprint density at radius 2 is 1.98 bits per heavy atom. The second-order valence-corrected chi connectivity index (χ2v) is 12.6. The molecule has 2 amide bonds. The average molecular weight is 647 g/mol. The fourth-order valence-electron chi connectivity index (χ4n) is 5.92. The van der Waals surface area contributed by atoms with Gasteiger partial charge in [-0.2, -0.15) is 5.26 Å². The van der Waals surface area contributed by atoms with Crippen LogP contribution in [0.15, 0.2) is 47.3 Å². The number of halogens is 2. The molecule has 1 saturated heterocycles. The molecule has 238 valence electrons. The maximum absolute atomic E-state index is 15.2. The summed E-state index contributed by atoms with van der Waals surface area (Å²) < 4.78 is 16.2. The molecule has 3 N–H and O–H groups in total. The Bertz CT molecular complexity index is 1960. The third kappa shape index (κ3) is 5.14. The molecule has 4 heterocycles. The lowest BCUT2D eigenvalue weighted by Crippen LogP contribution is -2.66. The lowest BCUT2D eigenvalue weighted by Gasteiger charge is -2.49. The number of amides is 2. The molecule has 1 aromatic carbocycles. The third-order valence-electron chi connectivity index (χ3n) is 7.95. The summed E-state index contributed by atoms with van der Waals surface area (Å²) in [6.45, 7) is 10.9. The van der Waals surface area contributed by atoms with E-state index >= 15 is 4.39 Å². The number of fused-ring (bicyclic) bond motifs is 5. The van der Waals surface area contributed by atoms with E-state index in [1.54, 1.807) is 25.7 Å². The summed E-state index contributed by atoms with van der Waals surface area (Å²) in [6.07, 6.45) is 1.97. The summed E-state index contributed by atoms with van der Waals surface area (Å²) in [6, 6.07) is 5.86. The van der Waals surface area contributed by atoms with Gasteiger partial charge >= 0.3 is 0 Å². The average Bonchev–Trinajstić information content (AvgIpc) is 2.99. The summed E-state index contributed by atoms with van der Waals surface area (Å²) in [4.78, 5) is 50.4. The van der Waals surface area contributed by atoms with E-state index in [4.69, 9.17) is 17.0 Å². The Morgan fingerprint density at radius 3 is 2.57 bits per heavy atom. The predicted molar refractivity (Wildman–Crippen MR) is 174 cm³/mol. The van der Waals surface area contributed by atoms with Crippen LogP contribution in [0.2, 0.25) is 5.02 Å². The van der Waals surface area contributed by atoms with Crippen LogP contribution in [0.5, 0.6) is 5.75 Å². The first-order chi connectivity index (χ1) is 21.6. The van der Waals surface area contributed by atoms with Crippen LogP contribution in [0.4, 0.5) is 15.8 Å². The number of carbonyl (C=O) groups excluding carboxylic acids is 2. The number of hydrogen-bond donors (Lipinski definition) is 3. The van der Waals surface area contributed by atoms with Gasteiger partial charge in [0.05, 0.1) is 28.5 Å². The molecule has 14 heteroatoms. The van der Waals surface area contributed by atoms with E-state index in [1.807, 2.05) is 13.0 Å². The van der Waals surface area contributed by atoms with Gasteiger partial charge < -0.3 is 30.5 Å². The minimum atomic E-state index is -0.871. The molecule has 0 radical (unpaired) electrons. The van der Waals surface area contributed by atoms with Gasteiger partial charge in [0.2, 0.25) is 5.91 Å². The molecule has 2 atom stereocenters. The van der Waals surface area contributed by atoms with E-state index in [-0.39, 0.29) is 69.4 Å². The minimum Gasteiger partial charge on any atom is -0.507 e. The van der Waals surface area contributed by atoms with E-state index in [9.17, 15) is 24.8 Å². The van der Waals surface area contributed by atoms with Crippen molar-refractivity contribution >= 4 is 57.9 Å². The van der Waals surface area contributed by atoms with Crippen molar-refractivity contribution in [3.05, 3.63) is 63.7 Å². The highest BCUT2D eigenvalue weighted by Crippen LogP contribution is 2.44. The van der Waals surface area contributed by atoms with Gasteiger partial charge in [-0.05, 0) is 52.0 Å². The first kappa shape index (κ1) is 32.2. The van der Waals surface area contributed by atoms with Crippen LogP contribution in [0.25, 0.3) is 28.1 Å². The number of phenols is 1. The van der Waals surface area contributed by atoms with Gasteiger partial charge in [-0.15, -0.1) is 0 Å². The molecule has 0 aliphatic carbocycles. The summed E-state index contributed by atoms with van der Waals surface area (Å²) >= 11 is 6.77. The van der Waals surface area contributed by atoms with Gasteiger partial charge in [0.1, 0.15) is 40.8 Å². The zero-order valence-corrected chi connectivity index (χ0v) is 26.6. The minimum absolute atomic E-state index is 0.0185. The zero-order valence-electron chi connectivity index (χ0n) is 25.9. The van der Waals surface area contributed by atoms with Gasteiger partial charge in [-0.1, -0.05) is 24.2 Å². The number of nitriles is 1. The highest BCUT2D eigenvalue weighted by Gasteiger charge is 2.46. The van der Waals surface area contributed by atoms with Crippen molar-refractivity contribution in [1.29, 1.82) is 10.7 Å². The van der Waals surface area contributed by atoms with Crippen LogP contribution in [0.3, 0.4) is 0 Å². The number of hydrogen-bond acceptors (Lipinski definition) is 9. The molecule has 0 saturated carbocycles. The lowest BCUT2D eigenvalue weighted by atomic mass is 9.98.